The molecule has 1 fully saturated rings. The van der Waals surface area contributed by atoms with Crippen LogP contribution in [0.15, 0.2) is 24.3 Å². The van der Waals surface area contributed by atoms with Gasteiger partial charge in [0.25, 0.3) is 0 Å². The minimum atomic E-state index is 0.102. The molecule has 110 valence electrons. The van der Waals surface area contributed by atoms with E-state index in [0.29, 0.717) is 12.6 Å². The van der Waals surface area contributed by atoms with E-state index in [1.54, 1.807) is 19.1 Å². The number of hydrogen-bond donors (Lipinski definition) is 1. The Kier molecular flexibility index (Phi) is 4.98. The summed E-state index contributed by atoms with van der Waals surface area (Å²) in [5, 5.41) is 0. The number of nitrogens with zero attached hydrogens (tertiary/aromatic N) is 2. The van der Waals surface area contributed by atoms with Gasteiger partial charge in [-0.15, -0.1) is 0 Å². The maximum Gasteiger partial charge on any atom is 0.240 e. The lowest BCUT2D eigenvalue weighted by Crippen LogP contribution is -2.45. The fraction of sp³-hybridized carbons (Fsp3) is 0.533. The van der Waals surface area contributed by atoms with Gasteiger partial charge in [-0.1, -0.05) is 0 Å². The second kappa shape index (κ2) is 6.72. The maximum atomic E-state index is 12.3. The van der Waals surface area contributed by atoms with Crippen molar-refractivity contribution in [3.63, 3.8) is 0 Å². The Morgan fingerprint density at radius 1 is 1.35 bits per heavy atom. The molecular formula is C15H23N3O2. The van der Waals surface area contributed by atoms with Gasteiger partial charge in [-0.2, -0.15) is 0 Å². The van der Waals surface area contributed by atoms with E-state index in [4.69, 9.17) is 10.5 Å². The number of ether oxygens (including phenoxy) is 1. The SMILES string of the molecule is COc1ccc(N(C)C(=O)CN2CCC(N)CC2)cc1. The van der Waals surface area contributed by atoms with Crippen LogP contribution in [0.2, 0.25) is 0 Å². The molecule has 0 unspecified atom stereocenters. The Morgan fingerprint density at radius 3 is 2.50 bits per heavy atom. The van der Waals surface area contributed by atoms with Crippen LogP contribution < -0.4 is 15.4 Å². The third-order valence-electron chi connectivity index (χ3n) is 3.82. The third-order valence-corrected chi connectivity index (χ3v) is 3.82. The first-order chi connectivity index (χ1) is 9.60. The van der Waals surface area contributed by atoms with Crippen LogP contribution in [-0.2, 0) is 4.79 Å². The van der Waals surface area contributed by atoms with Crippen molar-refractivity contribution in [3.05, 3.63) is 24.3 Å². The van der Waals surface area contributed by atoms with Gasteiger partial charge in [0.2, 0.25) is 5.91 Å². The van der Waals surface area contributed by atoms with E-state index < -0.39 is 0 Å². The molecule has 0 radical (unpaired) electrons. The smallest absolute Gasteiger partial charge is 0.240 e. The largest absolute Gasteiger partial charge is 0.497 e. The zero-order valence-corrected chi connectivity index (χ0v) is 12.2. The van der Waals surface area contributed by atoms with E-state index in [9.17, 15) is 4.79 Å². The number of rotatable bonds is 4. The van der Waals surface area contributed by atoms with Crippen molar-refractivity contribution in [1.29, 1.82) is 0 Å². The average molecular weight is 277 g/mol. The summed E-state index contributed by atoms with van der Waals surface area (Å²) in [6.45, 7) is 2.27. The molecule has 1 aromatic carbocycles. The first-order valence-corrected chi connectivity index (χ1v) is 6.98. The summed E-state index contributed by atoms with van der Waals surface area (Å²) in [4.78, 5) is 16.1. The van der Waals surface area contributed by atoms with Gasteiger partial charge in [-0.25, -0.2) is 0 Å². The molecular weight excluding hydrogens is 254 g/mol. The number of nitrogens with two attached hydrogens (primary N) is 1. The van der Waals surface area contributed by atoms with Gasteiger partial charge in [0.05, 0.1) is 13.7 Å². The van der Waals surface area contributed by atoms with Crippen molar-refractivity contribution >= 4 is 11.6 Å². The molecule has 0 aromatic heterocycles. The van der Waals surface area contributed by atoms with Gasteiger partial charge in [0, 0.05) is 31.9 Å². The van der Waals surface area contributed by atoms with Crippen LogP contribution in [0.4, 0.5) is 5.69 Å². The lowest BCUT2D eigenvalue weighted by molar-refractivity contribution is -0.119. The molecule has 1 aromatic rings. The maximum absolute atomic E-state index is 12.3. The van der Waals surface area contributed by atoms with Crippen molar-refractivity contribution in [2.75, 3.05) is 38.7 Å². The molecule has 0 bridgehead atoms. The second-order valence-electron chi connectivity index (χ2n) is 5.26. The van der Waals surface area contributed by atoms with Crippen LogP contribution in [-0.4, -0.2) is 50.6 Å². The zero-order valence-electron chi connectivity index (χ0n) is 12.2. The highest BCUT2D eigenvalue weighted by atomic mass is 16.5. The predicted octanol–water partition coefficient (Wildman–Crippen LogP) is 1.08. The van der Waals surface area contributed by atoms with Gasteiger partial charge in [0.15, 0.2) is 0 Å². The van der Waals surface area contributed by atoms with Crippen LogP contribution in [0, 0.1) is 0 Å². The molecule has 2 N–H and O–H groups in total. The molecule has 1 heterocycles. The Bertz CT molecular complexity index is 439. The third kappa shape index (κ3) is 3.71. The number of carbonyl (C=O) groups is 1. The molecule has 1 amide bonds. The number of methoxy groups -OCH3 is 1. The van der Waals surface area contributed by atoms with Gasteiger partial charge in [0.1, 0.15) is 5.75 Å². The highest BCUT2D eigenvalue weighted by Crippen LogP contribution is 2.18. The number of anilines is 1. The van der Waals surface area contributed by atoms with Crippen molar-refractivity contribution in [2.45, 2.75) is 18.9 Å². The van der Waals surface area contributed by atoms with Crippen LogP contribution in [0.25, 0.3) is 0 Å². The standard InChI is InChI=1S/C15H23N3O2/c1-17(13-3-5-14(20-2)6-4-13)15(19)11-18-9-7-12(16)8-10-18/h3-6,12H,7-11,16H2,1-2H3. The second-order valence-corrected chi connectivity index (χ2v) is 5.26. The quantitative estimate of drug-likeness (QED) is 0.895. The first-order valence-electron chi connectivity index (χ1n) is 6.98. The van der Waals surface area contributed by atoms with Crippen molar-refractivity contribution in [3.8, 4) is 5.75 Å². The van der Waals surface area contributed by atoms with E-state index in [2.05, 4.69) is 4.90 Å². The molecule has 1 saturated heterocycles. The Hall–Kier alpha value is -1.59. The summed E-state index contributed by atoms with van der Waals surface area (Å²) in [5.41, 5.74) is 6.75. The normalized spacial score (nSPS) is 16.9. The number of benzene rings is 1. The van der Waals surface area contributed by atoms with Crippen molar-refractivity contribution in [2.24, 2.45) is 5.73 Å². The fourth-order valence-corrected chi connectivity index (χ4v) is 2.36. The van der Waals surface area contributed by atoms with Crippen LogP contribution >= 0.6 is 0 Å². The number of carbonyl (C=O) groups excluding carboxylic acids is 1. The van der Waals surface area contributed by atoms with Crippen LogP contribution in [0.3, 0.4) is 0 Å². The molecule has 2 rings (SSSR count). The average Bonchev–Trinajstić information content (AvgIpc) is 2.49. The summed E-state index contributed by atoms with van der Waals surface area (Å²) in [5.74, 6) is 0.894. The number of likely N-dealkylation sites (tertiary alicyclic amines) is 1. The highest BCUT2D eigenvalue weighted by molar-refractivity contribution is 5.94. The molecule has 20 heavy (non-hydrogen) atoms. The summed E-state index contributed by atoms with van der Waals surface area (Å²) in [6.07, 6.45) is 1.94. The Labute approximate surface area is 120 Å². The minimum absolute atomic E-state index is 0.102. The molecule has 1 aliphatic heterocycles. The zero-order chi connectivity index (χ0) is 14.5. The van der Waals surface area contributed by atoms with Gasteiger partial charge in [-0.3, -0.25) is 9.69 Å². The Morgan fingerprint density at radius 2 is 1.95 bits per heavy atom. The number of hydrogen-bond acceptors (Lipinski definition) is 4. The summed E-state index contributed by atoms with van der Waals surface area (Å²) < 4.78 is 5.12. The lowest BCUT2D eigenvalue weighted by Gasteiger charge is -2.30. The molecule has 0 spiro atoms. The molecule has 0 aliphatic carbocycles. The van der Waals surface area contributed by atoms with E-state index in [1.807, 2.05) is 24.3 Å². The van der Waals surface area contributed by atoms with Gasteiger partial charge >= 0.3 is 0 Å². The fourth-order valence-electron chi connectivity index (χ4n) is 2.36. The molecule has 0 atom stereocenters. The van der Waals surface area contributed by atoms with Gasteiger partial charge in [-0.05, 0) is 37.1 Å². The number of piperidine rings is 1. The van der Waals surface area contributed by atoms with Crippen LogP contribution in [0.5, 0.6) is 5.75 Å². The first kappa shape index (κ1) is 14.8. The summed E-state index contributed by atoms with van der Waals surface area (Å²) in [6, 6.07) is 7.80. The van der Waals surface area contributed by atoms with Gasteiger partial charge < -0.3 is 15.4 Å². The van der Waals surface area contributed by atoms with Crippen molar-refractivity contribution < 1.29 is 9.53 Å². The van der Waals surface area contributed by atoms with Crippen molar-refractivity contribution in [1.82, 2.24) is 4.90 Å². The van der Waals surface area contributed by atoms with Crippen LogP contribution in [0.1, 0.15) is 12.8 Å². The molecule has 0 saturated carbocycles. The topological polar surface area (TPSA) is 58.8 Å². The lowest BCUT2D eigenvalue weighted by atomic mass is 10.1. The van der Waals surface area contributed by atoms with E-state index in [0.717, 1.165) is 37.4 Å². The van der Waals surface area contributed by atoms with E-state index in [-0.39, 0.29) is 5.91 Å². The summed E-state index contributed by atoms with van der Waals surface area (Å²) in [7, 11) is 3.44. The predicted molar refractivity (Wildman–Crippen MR) is 80.1 cm³/mol. The molecule has 5 nitrogen and oxygen atoms in total. The van der Waals surface area contributed by atoms with E-state index >= 15 is 0 Å². The monoisotopic (exact) mass is 277 g/mol. The molecule has 1 aliphatic rings. The number of amides is 1. The number of likely N-dealkylation sites (N-methyl/N-ethyl adjacent to an activating group) is 1. The molecule has 5 heteroatoms. The summed E-state index contributed by atoms with van der Waals surface area (Å²) >= 11 is 0. The highest BCUT2D eigenvalue weighted by Gasteiger charge is 2.20. The Balaban J connectivity index is 1.90. The minimum Gasteiger partial charge on any atom is -0.497 e. The van der Waals surface area contributed by atoms with E-state index in [1.165, 1.54) is 0 Å².